The number of ether oxygens (including phenoxy) is 1. The molecule has 0 aliphatic rings. The van der Waals surface area contributed by atoms with Crippen molar-refractivity contribution >= 4 is 28.1 Å². The van der Waals surface area contributed by atoms with E-state index in [1.54, 1.807) is 6.21 Å². The second-order valence-electron chi connectivity index (χ2n) is 4.38. The van der Waals surface area contributed by atoms with E-state index in [0.29, 0.717) is 12.4 Å². The predicted molar refractivity (Wildman–Crippen MR) is 86.3 cm³/mol. The summed E-state index contributed by atoms with van der Waals surface area (Å²) < 4.78 is 6.73. The largest absolute Gasteiger partial charge is 0.488 e. The SMILES string of the molecule is CC(=O)N/N=C/c1cc(Br)ccc1OCc1ccccc1. The summed E-state index contributed by atoms with van der Waals surface area (Å²) >= 11 is 3.41. The number of hydrogen-bond acceptors (Lipinski definition) is 3. The first-order chi connectivity index (χ1) is 10.1. The Labute approximate surface area is 132 Å². The maximum absolute atomic E-state index is 10.8. The second kappa shape index (κ2) is 7.59. The molecule has 2 aromatic rings. The van der Waals surface area contributed by atoms with Gasteiger partial charge < -0.3 is 4.74 Å². The highest BCUT2D eigenvalue weighted by molar-refractivity contribution is 9.10. The first-order valence-electron chi connectivity index (χ1n) is 6.41. The van der Waals surface area contributed by atoms with Gasteiger partial charge in [0.25, 0.3) is 0 Å². The summed E-state index contributed by atoms with van der Waals surface area (Å²) in [5, 5.41) is 3.87. The first-order valence-corrected chi connectivity index (χ1v) is 7.20. The standard InChI is InChI=1S/C16H15BrN2O2/c1-12(20)19-18-10-14-9-15(17)7-8-16(14)21-11-13-5-3-2-4-6-13/h2-10H,11H2,1H3,(H,19,20)/b18-10+. The van der Waals surface area contributed by atoms with Crippen LogP contribution < -0.4 is 10.2 Å². The van der Waals surface area contributed by atoms with Gasteiger partial charge in [-0.3, -0.25) is 4.79 Å². The second-order valence-corrected chi connectivity index (χ2v) is 5.30. The van der Waals surface area contributed by atoms with E-state index in [0.717, 1.165) is 15.6 Å². The van der Waals surface area contributed by atoms with Gasteiger partial charge in [-0.15, -0.1) is 0 Å². The molecule has 0 heterocycles. The molecule has 5 heteroatoms. The molecule has 0 aromatic heterocycles. The van der Waals surface area contributed by atoms with E-state index in [-0.39, 0.29) is 5.91 Å². The average Bonchev–Trinajstić information content (AvgIpc) is 2.47. The van der Waals surface area contributed by atoms with Crippen molar-refractivity contribution in [3.8, 4) is 5.75 Å². The van der Waals surface area contributed by atoms with E-state index in [1.165, 1.54) is 6.92 Å². The van der Waals surface area contributed by atoms with Crippen LogP contribution in [0, 0.1) is 0 Å². The highest BCUT2D eigenvalue weighted by Crippen LogP contribution is 2.22. The number of rotatable bonds is 5. The van der Waals surface area contributed by atoms with Crippen molar-refractivity contribution in [2.24, 2.45) is 5.10 Å². The smallest absolute Gasteiger partial charge is 0.236 e. The number of nitrogens with one attached hydrogen (secondary N) is 1. The minimum atomic E-state index is -0.215. The molecule has 0 atom stereocenters. The van der Waals surface area contributed by atoms with Gasteiger partial charge in [0.2, 0.25) is 5.91 Å². The molecule has 0 aliphatic heterocycles. The van der Waals surface area contributed by atoms with E-state index in [1.807, 2.05) is 48.5 Å². The lowest BCUT2D eigenvalue weighted by molar-refractivity contribution is -0.118. The topological polar surface area (TPSA) is 50.7 Å². The van der Waals surface area contributed by atoms with Crippen LogP contribution in [0.2, 0.25) is 0 Å². The monoisotopic (exact) mass is 346 g/mol. The summed E-state index contributed by atoms with van der Waals surface area (Å²) in [4.78, 5) is 10.8. The number of amides is 1. The Bertz CT molecular complexity index is 642. The zero-order chi connectivity index (χ0) is 15.1. The van der Waals surface area contributed by atoms with Crippen LogP contribution in [0.3, 0.4) is 0 Å². The van der Waals surface area contributed by atoms with E-state index < -0.39 is 0 Å². The predicted octanol–water partition coefficient (Wildman–Crippen LogP) is 3.50. The quantitative estimate of drug-likeness (QED) is 0.665. The Morgan fingerprint density at radius 2 is 2.05 bits per heavy atom. The summed E-state index contributed by atoms with van der Waals surface area (Å²) in [6, 6.07) is 15.6. The zero-order valence-electron chi connectivity index (χ0n) is 11.5. The molecule has 108 valence electrons. The molecule has 0 spiro atoms. The van der Waals surface area contributed by atoms with Crippen molar-refractivity contribution in [2.45, 2.75) is 13.5 Å². The van der Waals surface area contributed by atoms with Crippen LogP contribution >= 0.6 is 15.9 Å². The van der Waals surface area contributed by atoms with Gasteiger partial charge >= 0.3 is 0 Å². The number of hydrazone groups is 1. The maximum Gasteiger partial charge on any atom is 0.236 e. The van der Waals surface area contributed by atoms with E-state index in [4.69, 9.17) is 4.74 Å². The normalized spacial score (nSPS) is 10.6. The summed E-state index contributed by atoms with van der Waals surface area (Å²) in [7, 11) is 0. The first kappa shape index (κ1) is 15.3. The Morgan fingerprint density at radius 1 is 1.29 bits per heavy atom. The fraction of sp³-hybridized carbons (Fsp3) is 0.125. The van der Waals surface area contributed by atoms with Gasteiger partial charge in [-0.25, -0.2) is 5.43 Å². The van der Waals surface area contributed by atoms with Crippen LogP contribution in [-0.2, 0) is 11.4 Å². The Morgan fingerprint density at radius 3 is 2.76 bits per heavy atom. The van der Waals surface area contributed by atoms with Crippen molar-refractivity contribution in [3.05, 3.63) is 64.1 Å². The Hall–Kier alpha value is -2.14. The van der Waals surface area contributed by atoms with Gasteiger partial charge in [0.1, 0.15) is 12.4 Å². The summed E-state index contributed by atoms with van der Waals surface area (Å²) in [5.41, 5.74) is 4.25. The molecule has 1 amide bonds. The lowest BCUT2D eigenvalue weighted by Gasteiger charge is -2.09. The van der Waals surface area contributed by atoms with Crippen LogP contribution in [0.15, 0.2) is 58.1 Å². The van der Waals surface area contributed by atoms with Crippen LogP contribution in [0.4, 0.5) is 0 Å². The summed E-state index contributed by atoms with van der Waals surface area (Å²) in [5.74, 6) is 0.490. The van der Waals surface area contributed by atoms with Crippen molar-refractivity contribution < 1.29 is 9.53 Å². The number of benzene rings is 2. The fourth-order valence-corrected chi connectivity index (χ4v) is 2.06. The Kier molecular flexibility index (Phi) is 5.51. The minimum Gasteiger partial charge on any atom is -0.488 e. The molecule has 2 rings (SSSR count). The third-order valence-electron chi connectivity index (χ3n) is 2.63. The molecule has 0 unspecified atom stereocenters. The van der Waals surface area contributed by atoms with Gasteiger partial charge in [-0.1, -0.05) is 46.3 Å². The van der Waals surface area contributed by atoms with Crippen molar-refractivity contribution in [1.29, 1.82) is 0 Å². The lowest BCUT2D eigenvalue weighted by Crippen LogP contribution is -2.12. The van der Waals surface area contributed by atoms with E-state index in [2.05, 4.69) is 26.5 Å². The van der Waals surface area contributed by atoms with Crippen molar-refractivity contribution in [2.75, 3.05) is 0 Å². The maximum atomic E-state index is 10.8. The number of nitrogens with zero attached hydrogens (tertiary/aromatic N) is 1. The van der Waals surface area contributed by atoms with Crippen molar-refractivity contribution in [3.63, 3.8) is 0 Å². The molecule has 21 heavy (non-hydrogen) atoms. The van der Waals surface area contributed by atoms with Crippen LogP contribution in [-0.4, -0.2) is 12.1 Å². The average molecular weight is 347 g/mol. The van der Waals surface area contributed by atoms with Crippen LogP contribution in [0.1, 0.15) is 18.1 Å². The summed E-state index contributed by atoms with van der Waals surface area (Å²) in [6.45, 7) is 1.88. The molecular formula is C16H15BrN2O2. The third kappa shape index (κ3) is 5.04. The number of halogens is 1. The molecule has 0 radical (unpaired) electrons. The fourth-order valence-electron chi connectivity index (χ4n) is 1.68. The molecule has 0 aliphatic carbocycles. The highest BCUT2D eigenvalue weighted by Gasteiger charge is 2.03. The molecule has 2 aromatic carbocycles. The molecular weight excluding hydrogens is 332 g/mol. The molecule has 4 nitrogen and oxygen atoms in total. The van der Waals surface area contributed by atoms with Gasteiger partial charge in [0, 0.05) is 17.0 Å². The van der Waals surface area contributed by atoms with Crippen LogP contribution in [0.25, 0.3) is 0 Å². The van der Waals surface area contributed by atoms with E-state index in [9.17, 15) is 4.79 Å². The number of carbonyl (C=O) groups excluding carboxylic acids is 1. The molecule has 0 bridgehead atoms. The van der Waals surface area contributed by atoms with Crippen molar-refractivity contribution in [1.82, 2.24) is 5.43 Å². The van der Waals surface area contributed by atoms with Gasteiger partial charge in [-0.05, 0) is 23.8 Å². The molecule has 0 saturated heterocycles. The Balaban J connectivity index is 2.11. The van der Waals surface area contributed by atoms with E-state index >= 15 is 0 Å². The minimum absolute atomic E-state index is 0.215. The highest BCUT2D eigenvalue weighted by atomic mass is 79.9. The van der Waals surface area contributed by atoms with Gasteiger partial charge in [0.05, 0.1) is 6.21 Å². The number of hydrogen-bond donors (Lipinski definition) is 1. The van der Waals surface area contributed by atoms with Gasteiger partial charge in [0.15, 0.2) is 0 Å². The lowest BCUT2D eigenvalue weighted by atomic mass is 10.2. The van der Waals surface area contributed by atoms with Crippen LogP contribution in [0.5, 0.6) is 5.75 Å². The summed E-state index contributed by atoms with van der Waals surface area (Å²) in [6.07, 6.45) is 1.56. The molecule has 1 N–H and O–H groups in total. The molecule has 0 fully saturated rings. The molecule has 0 saturated carbocycles. The third-order valence-corrected chi connectivity index (χ3v) is 3.13. The number of carbonyl (C=O) groups is 1. The van der Waals surface area contributed by atoms with Gasteiger partial charge in [-0.2, -0.15) is 5.10 Å². The zero-order valence-corrected chi connectivity index (χ0v) is 13.1.